The summed E-state index contributed by atoms with van der Waals surface area (Å²) in [5, 5.41) is 2.15. The minimum atomic E-state index is -0.0678. The van der Waals surface area contributed by atoms with Crippen LogP contribution in [-0.4, -0.2) is 38.4 Å². The first kappa shape index (κ1) is 13.8. The van der Waals surface area contributed by atoms with E-state index in [1.54, 1.807) is 7.11 Å². The topological polar surface area (TPSA) is 33.7 Å². The zero-order valence-electron chi connectivity index (χ0n) is 11.3. The van der Waals surface area contributed by atoms with Crippen molar-refractivity contribution < 1.29 is 9.47 Å². The Morgan fingerprint density at radius 3 is 2.63 bits per heavy atom. The molecule has 1 N–H and O–H groups in total. The van der Waals surface area contributed by atoms with E-state index in [0.29, 0.717) is 5.76 Å². The molecule has 1 aromatic carbocycles. The third-order valence-electron chi connectivity index (χ3n) is 3.11. The molecule has 0 spiro atoms. The molecule has 4 nitrogen and oxygen atoms in total. The number of hydrazine groups is 1. The summed E-state index contributed by atoms with van der Waals surface area (Å²) in [7, 11) is 1.64. The van der Waals surface area contributed by atoms with E-state index in [1.807, 2.05) is 18.2 Å². The first-order valence-corrected chi connectivity index (χ1v) is 6.43. The summed E-state index contributed by atoms with van der Waals surface area (Å²) in [5.74, 6) is 0.692. The maximum absolute atomic E-state index is 5.38. The number of hydrogen-bond donors (Lipinski definition) is 1. The van der Waals surface area contributed by atoms with Crippen LogP contribution in [0.4, 0.5) is 0 Å². The predicted octanol–water partition coefficient (Wildman–Crippen LogP) is 1.88. The molecule has 1 aliphatic heterocycles. The molecular weight excluding hydrogens is 240 g/mol. The Morgan fingerprint density at radius 1 is 1.37 bits per heavy atom. The number of morpholine rings is 1. The van der Waals surface area contributed by atoms with E-state index < -0.39 is 0 Å². The molecule has 0 aromatic heterocycles. The molecule has 0 saturated carbocycles. The molecule has 1 heterocycles. The van der Waals surface area contributed by atoms with Crippen LogP contribution in [0.25, 0.3) is 0 Å². The van der Waals surface area contributed by atoms with Gasteiger partial charge in [-0.1, -0.05) is 42.6 Å². The smallest absolute Gasteiger partial charge is 0.160 e. The standard InChI is InChI=1S/C15H20N2O2/c1-3-14(18-2)15(13-7-5-4-6-8-13)16-17-9-11-19-12-10-17/h4-8,15-16H,1,9-12H2,2H3. The van der Waals surface area contributed by atoms with Crippen molar-refractivity contribution in [3.63, 3.8) is 0 Å². The molecular formula is C15H20N2O2. The Balaban J connectivity index is 2.16. The van der Waals surface area contributed by atoms with Crippen molar-refractivity contribution in [3.05, 3.63) is 54.0 Å². The molecule has 2 rings (SSSR count). The molecule has 1 saturated heterocycles. The zero-order valence-corrected chi connectivity index (χ0v) is 11.3. The van der Waals surface area contributed by atoms with E-state index in [2.05, 4.69) is 34.9 Å². The number of benzene rings is 1. The molecule has 1 aromatic rings. The van der Waals surface area contributed by atoms with Crippen LogP contribution in [0.15, 0.2) is 48.4 Å². The highest BCUT2D eigenvalue weighted by Crippen LogP contribution is 2.21. The van der Waals surface area contributed by atoms with Gasteiger partial charge in [-0.3, -0.25) is 0 Å². The van der Waals surface area contributed by atoms with E-state index >= 15 is 0 Å². The SMILES string of the molecule is C=C=C(OC)C(NN1CCOCC1)c1ccccc1. The van der Waals surface area contributed by atoms with Gasteiger partial charge in [0.05, 0.1) is 20.3 Å². The molecule has 0 bridgehead atoms. The van der Waals surface area contributed by atoms with Gasteiger partial charge in [0.15, 0.2) is 5.76 Å². The van der Waals surface area contributed by atoms with Gasteiger partial charge in [0.2, 0.25) is 0 Å². The van der Waals surface area contributed by atoms with Crippen LogP contribution in [0.2, 0.25) is 0 Å². The predicted molar refractivity (Wildman–Crippen MR) is 74.4 cm³/mol. The minimum Gasteiger partial charge on any atom is -0.491 e. The number of nitrogens with one attached hydrogen (secondary N) is 1. The van der Waals surface area contributed by atoms with Crippen LogP contribution in [0.5, 0.6) is 0 Å². The van der Waals surface area contributed by atoms with Crippen molar-refractivity contribution >= 4 is 0 Å². The van der Waals surface area contributed by atoms with E-state index in [1.165, 1.54) is 0 Å². The van der Waals surface area contributed by atoms with Gasteiger partial charge in [-0.2, -0.15) is 0 Å². The second-order valence-corrected chi connectivity index (χ2v) is 4.32. The summed E-state index contributed by atoms with van der Waals surface area (Å²) < 4.78 is 10.7. The van der Waals surface area contributed by atoms with Gasteiger partial charge in [0.1, 0.15) is 6.04 Å². The third kappa shape index (κ3) is 3.69. The molecule has 19 heavy (non-hydrogen) atoms. The summed E-state index contributed by atoms with van der Waals surface area (Å²) in [6.07, 6.45) is 0. The molecule has 102 valence electrons. The fourth-order valence-electron chi connectivity index (χ4n) is 2.10. The van der Waals surface area contributed by atoms with Crippen LogP contribution in [0.1, 0.15) is 11.6 Å². The van der Waals surface area contributed by atoms with Gasteiger partial charge in [-0.25, -0.2) is 10.4 Å². The Labute approximate surface area is 114 Å². The summed E-state index contributed by atoms with van der Waals surface area (Å²) in [6, 6.07) is 10.1. The Kier molecular flexibility index (Phi) is 5.19. The van der Waals surface area contributed by atoms with E-state index in [-0.39, 0.29) is 6.04 Å². The van der Waals surface area contributed by atoms with Crippen molar-refractivity contribution in [1.29, 1.82) is 0 Å². The zero-order chi connectivity index (χ0) is 13.5. The molecule has 0 amide bonds. The molecule has 1 atom stereocenters. The number of nitrogens with zero attached hydrogens (tertiary/aromatic N) is 1. The summed E-state index contributed by atoms with van der Waals surface area (Å²) in [6.45, 7) is 6.91. The lowest BCUT2D eigenvalue weighted by molar-refractivity contribution is 0.00216. The maximum atomic E-state index is 5.38. The number of ether oxygens (including phenoxy) is 2. The number of methoxy groups -OCH3 is 1. The highest BCUT2D eigenvalue weighted by Gasteiger charge is 2.21. The molecule has 0 radical (unpaired) electrons. The fourth-order valence-corrected chi connectivity index (χ4v) is 2.10. The van der Waals surface area contributed by atoms with E-state index in [4.69, 9.17) is 9.47 Å². The molecule has 1 unspecified atom stereocenters. The van der Waals surface area contributed by atoms with Crippen molar-refractivity contribution in [2.45, 2.75) is 6.04 Å². The second kappa shape index (κ2) is 7.12. The summed E-state index contributed by atoms with van der Waals surface area (Å²) in [4.78, 5) is 0. The van der Waals surface area contributed by atoms with Crippen LogP contribution in [0, 0.1) is 0 Å². The summed E-state index contributed by atoms with van der Waals surface area (Å²) >= 11 is 0. The van der Waals surface area contributed by atoms with E-state index in [9.17, 15) is 0 Å². The summed E-state index contributed by atoms with van der Waals surface area (Å²) in [5.41, 5.74) is 7.45. The van der Waals surface area contributed by atoms with Gasteiger partial charge in [0, 0.05) is 13.1 Å². The van der Waals surface area contributed by atoms with Crippen LogP contribution >= 0.6 is 0 Å². The second-order valence-electron chi connectivity index (χ2n) is 4.32. The van der Waals surface area contributed by atoms with Crippen LogP contribution < -0.4 is 5.43 Å². The van der Waals surface area contributed by atoms with Crippen LogP contribution in [0.3, 0.4) is 0 Å². The molecule has 1 aliphatic rings. The van der Waals surface area contributed by atoms with E-state index in [0.717, 1.165) is 31.9 Å². The third-order valence-corrected chi connectivity index (χ3v) is 3.11. The largest absolute Gasteiger partial charge is 0.491 e. The minimum absolute atomic E-state index is 0.0678. The lowest BCUT2D eigenvalue weighted by Gasteiger charge is -2.32. The van der Waals surface area contributed by atoms with Crippen LogP contribution in [-0.2, 0) is 9.47 Å². The maximum Gasteiger partial charge on any atom is 0.160 e. The normalized spacial score (nSPS) is 17.5. The average Bonchev–Trinajstić information content (AvgIpc) is 2.49. The Bertz CT molecular complexity index is 435. The van der Waals surface area contributed by atoms with Gasteiger partial charge >= 0.3 is 0 Å². The monoisotopic (exact) mass is 260 g/mol. The highest BCUT2D eigenvalue weighted by molar-refractivity contribution is 5.25. The van der Waals surface area contributed by atoms with Gasteiger partial charge in [-0.05, 0) is 5.56 Å². The average molecular weight is 260 g/mol. The number of hydrogen-bond acceptors (Lipinski definition) is 4. The van der Waals surface area contributed by atoms with Gasteiger partial charge in [-0.15, -0.1) is 0 Å². The van der Waals surface area contributed by atoms with Crippen molar-refractivity contribution in [3.8, 4) is 0 Å². The lowest BCUT2D eigenvalue weighted by Crippen LogP contribution is -2.47. The molecule has 1 fully saturated rings. The first-order valence-electron chi connectivity index (χ1n) is 6.43. The van der Waals surface area contributed by atoms with Gasteiger partial charge in [0.25, 0.3) is 0 Å². The quantitative estimate of drug-likeness (QED) is 0.647. The lowest BCUT2D eigenvalue weighted by atomic mass is 10.1. The highest BCUT2D eigenvalue weighted by atomic mass is 16.5. The Morgan fingerprint density at radius 2 is 2.05 bits per heavy atom. The number of rotatable bonds is 5. The van der Waals surface area contributed by atoms with Gasteiger partial charge < -0.3 is 9.47 Å². The fraction of sp³-hybridized carbons (Fsp3) is 0.400. The van der Waals surface area contributed by atoms with Crippen molar-refractivity contribution in [2.75, 3.05) is 33.4 Å². The first-order chi connectivity index (χ1) is 9.35. The Hall–Kier alpha value is -1.58. The molecule has 0 aliphatic carbocycles. The van der Waals surface area contributed by atoms with Crippen molar-refractivity contribution in [2.24, 2.45) is 0 Å². The molecule has 4 heteroatoms. The van der Waals surface area contributed by atoms with Crippen molar-refractivity contribution in [1.82, 2.24) is 10.4 Å².